The summed E-state index contributed by atoms with van der Waals surface area (Å²) in [6.45, 7) is 8.10. The summed E-state index contributed by atoms with van der Waals surface area (Å²) in [4.78, 5) is 0.190. The molecule has 132 valence electrons. The molecule has 0 aromatic heterocycles. The summed E-state index contributed by atoms with van der Waals surface area (Å²) in [6.07, 6.45) is 1.13. The van der Waals surface area contributed by atoms with E-state index in [9.17, 15) is 16.8 Å². The summed E-state index contributed by atoms with van der Waals surface area (Å²) in [5.41, 5.74) is 1.91. The van der Waals surface area contributed by atoms with Gasteiger partial charge in [0, 0.05) is 19.6 Å². The fraction of sp³-hybridized carbons (Fsp3) is 0.600. The Morgan fingerprint density at radius 2 is 1.70 bits per heavy atom. The molecule has 0 unspecified atom stereocenters. The highest BCUT2D eigenvalue weighted by atomic mass is 32.2. The molecule has 1 aromatic rings. The third-order valence-electron chi connectivity index (χ3n) is 3.48. The Kier molecular flexibility index (Phi) is 6.76. The van der Waals surface area contributed by atoms with Crippen LogP contribution in [-0.4, -0.2) is 47.0 Å². The molecule has 0 saturated carbocycles. The van der Waals surface area contributed by atoms with E-state index in [1.165, 1.54) is 4.31 Å². The number of hydrogen-bond donors (Lipinski definition) is 1. The molecule has 1 rings (SSSR count). The van der Waals surface area contributed by atoms with Gasteiger partial charge in [0.25, 0.3) is 0 Å². The minimum absolute atomic E-state index is 0.0368. The van der Waals surface area contributed by atoms with Crippen molar-refractivity contribution in [2.24, 2.45) is 5.92 Å². The third kappa shape index (κ3) is 6.21. The molecule has 0 saturated heterocycles. The van der Waals surface area contributed by atoms with Gasteiger partial charge in [0.15, 0.2) is 0 Å². The van der Waals surface area contributed by atoms with Gasteiger partial charge in [-0.2, -0.15) is 0 Å². The average Bonchev–Trinajstić information content (AvgIpc) is 2.39. The number of hydrogen-bond acceptors (Lipinski definition) is 4. The average molecular weight is 363 g/mol. The van der Waals surface area contributed by atoms with Crippen molar-refractivity contribution in [1.82, 2.24) is 9.03 Å². The molecule has 0 atom stereocenters. The lowest BCUT2D eigenvalue weighted by Gasteiger charge is -2.22. The van der Waals surface area contributed by atoms with Crippen LogP contribution in [-0.2, 0) is 20.0 Å². The summed E-state index contributed by atoms with van der Waals surface area (Å²) in [6, 6.07) is 4.92. The molecule has 0 spiro atoms. The normalized spacial score (nSPS) is 13.0. The van der Waals surface area contributed by atoms with Crippen LogP contribution in [0.4, 0.5) is 0 Å². The lowest BCUT2D eigenvalue weighted by Crippen LogP contribution is -2.39. The maximum atomic E-state index is 12.3. The minimum atomic E-state index is -3.64. The number of benzene rings is 1. The van der Waals surface area contributed by atoms with Gasteiger partial charge in [-0.25, -0.2) is 25.9 Å². The molecule has 8 heteroatoms. The predicted octanol–water partition coefficient (Wildman–Crippen LogP) is 1.50. The zero-order valence-corrected chi connectivity index (χ0v) is 16.0. The van der Waals surface area contributed by atoms with Crippen molar-refractivity contribution < 1.29 is 16.8 Å². The maximum absolute atomic E-state index is 12.3. The van der Waals surface area contributed by atoms with Gasteiger partial charge < -0.3 is 0 Å². The van der Waals surface area contributed by atoms with E-state index in [0.29, 0.717) is 6.54 Å². The van der Waals surface area contributed by atoms with Crippen molar-refractivity contribution >= 4 is 20.0 Å². The highest BCUT2D eigenvalue weighted by Crippen LogP contribution is 2.14. The van der Waals surface area contributed by atoms with E-state index in [1.807, 2.05) is 27.7 Å². The van der Waals surface area contributed by atoms with Crippen LogP contribution >= 0.6 is 0 Å². The highest BCUT2D eigenvalue weighted by Gasteiger charge is 2.19. The Labute approximate surface area is 140 Å². The number of nitrogens with zero attached hydrogens (tertiary/aromatic N) is 1. The van der Waals surface area contributed by atoms with Crippen molar-refractivity contribution in [3.63, 3.8) is 0 Å². The van der Waals surface area contributed by atoms with Crippen LogP contribution in [0.2, 0.25) is 0 Å². The SMILES string of the molecule is Cc1ccc(S(=O)(=O)NCCN(CC(C)C)S(C)(=O)=O)cc1C. The molecule has 0 heterocycles. The first kappa shape index (κ1) is 20.1. The molecule has 6 nitrogen and oxygen atoms in total. The summed E-state index contributed by atoms with van der Waals surface area (Å²) in [7, 11) is -7.00. The van der Waals surface area contributed by atoms with Crippen molar-refractivity contribution in [2.45, 2.75) is 32.6 Å². The molecule has 1 N–H and O–H groups in total. The van der Waals surface area contributed by atoms with Crippen molar-refractivity contribution in [1.29, 1.82) is 0 Å². The first-order chi connectivity index (χ1) is 10.4. The van der Waals surface area contributed by atoms with Gasteiger partial charge in [-0.1, -0.05) is 19.9 Å². The van der Waals surface area contributed by atoms with Gasteiger partial charge in [-0.05, 0) is 43.0 Å². The second-order valence-corrected chi connectivity index (χ2v) is 9.91. The molecule has 0 amide bonds. The third-order valence-corrected chi connectivity index (χ3v) is 6.21. The Balaban J connectivity index is 2.77. The fourth-order valence-electron chi connectivity index (χ4n) is 2.07. The van der Waals surface area contributed by atoms with E-state index in [2.05, 4.69) is 4.72 Å². The summed E-state index contributed by atoms with van der Waals surface area (Å²) in [5, 5.41) is 0. The van der Waals surface area contributed by atoms with Crippen LogP contribution in [0.1, 0.15) is 25.0 Å². The Hall–Kier alpha value is -0.960. The molecule has 0 radical (unpaired) electrons. The number of sulfonamides is 2. The molecule has 0 aliphatic heterocycles. The summed E-state index contributed by atoms with van der Waals surface area (Å²) >= 11 is 0. The van der Waals surface area contributed by atoms with Crippen LogP contribution < -0.4 is 4.72 Å². The first-order valence-electron chi connectivity index (χ1n) is 7.45. The second kappa shape index (κ2) is 7.74. The van der Waals surface area contributed by atoms with Crippen LogP contribution in [0, 0.1) is 19.8 Å². The van der Waals surface area contributed by atoms with Crippen LogP contribution in [0.5, 0.6) is 0 Å². The van der Waals surface area contributed by atoms with Gasteiger partial charge in [0.1, 0.15) is 0 Å². The van der Waals surface area contributed by atoms with Crippen LogP contribution in [0.25, 0.3) is 0 Å². The maximum Gasteiger partial charge on any atom is 0.240 e. The number of rotatable bonds is 8. The van der Waals surface area contributed by atoms with E-state index in [-0.39, 0.29) is 23.9 Å². The molecule has 0 fully saturated rings. The molecule has 0 aliphatic rings. The number of aryl methyl sites for hydroxylation is 2. The largest absolute Gasteiger partial charge is 0.240 e. The molecule has 0 bridgehead atoms. The van der Waals surface area contributed by atoms with Gasteiger partial charge >= 0.3 is 0 Å². The topological polar surface area (TPSA) is 83.6 Å². The van der Waals surface area contributed by atoms with E-state index >= 15 is 0 Å². The van der Waals surface area contributed by atoms with E-state index < -0.39 is 20.0 Å². The quantitative estimate of drug-likeness (QED) is 0.760. The van der Waals surface area contributed by atoms with Crippen molar-refractivity contribution in [2.75, 3.05) is 25.9 Å². The molecular formula is C15H26N2O4S2. The van der Waals surface area contributed by atoms with E-state index in [0.717, 1.165) is 17.4 Å². The zero-order valence-electron chi connectivity index (χ0n) is 14.3. The number of nitrogens with one attached hydrogen (secondary N) is 1. The van der Waals surface area contributed by atoms with Crippen molar-refractivity contribution in [3.8, 4) is 0 Å². The predicted molar refractivity (Wildman–Crippen MR) is 92.4 cm³/mol. The van der Waals surface area contributed by atoms with E-state index in [1.54, 1.807) is 18.2 Å². The lowest BCUT2D eigenvalue weighted by atomic mass is 10.1. The van der Waals surface area contributed by atoms with Crippen molar-refractivity contribution in [3.05, 3.63) is 29.3 Å². The molecule has 1 aromatic carbocycles. The summed E-state index contributed by atoms with van der Waals surface area (Å²) < 4.78 is 51.7. The molecular weight excluding hydrogens is 336 g/mol. The highest BCUT2D eigenvalue weighted by molar-refractivity contribution is 7.89. The Morgan fingerprint density at radius 1 is 1.09 bits per heavy atom. The standard InChI is InChI=1S/C15H26N2O4S2/c1-12(2)11-17(22(5,18)19)9-8-16-23(20,21)15-7-6-13(3)14(4)10-15/h6-7,10,12,16H,8-9,11H2,1-5H3. The lowest BCUT2D eigenvalue weighted by molar-refractivity contribution is 0.372. The Bertz CT molecular complexity index is 741. The minimum Gasteiger partial charge on any atom is -0.213 e. The smallest absolute Gasteiger partial charge is 0.213 e. The van der Waals surface area contributed by atoms with Gasteiger partial charge in [-0.15, -0.1) is 0 Å². The van der Waals surface area contributed by atoms with Gasteiger partial charge in [0.2, 0.25) is 20.0 Å². The first-order valence-corrected chi connectivity index (χ1v) is 10.8. The second-order valence-electron chi connectivity index (χ2n) is 6.16. The molecule has 23 heavy (non-hydrogen) atoms. The van der Waals surface area contributed by atoms with Gasteiger partial charge in [0.05, 0.1) is 11.2 Å². The monoisotopic (exact) mass is 362 g/mol. The fourth-order valence-corrected chi connectivity index (χ4v) is 4.17. The zero-order chi connectivity index (χ0) is 17.8. The van der Waals surface area contributed by atoms with Crippen LogP contribution in [0.3, 0.4) is 0 Å². The molecule has 0 aliphatic carbocycles. The Morgan fingerprint density at radius 3 is 2.17 bits per heavy atom. The van der Waals surface area contributed by atoms with Gasteiger partial charge in [-0.3, -0.25) is 0 Å². The summed E-state index contributed by atoms with van der Waals surface area (Å²) in [5.74, 6) is 0.168. The van der Waals surface area contributed by atoms with E-state index in [4.69, 9.17) is 0 Å². The van der Waals surface area contributed by atoms with Crippen LogP contribution in [0.15, 0.2) is 23.1 Å².